The molecule has 2 heteroatoms. The molecule has 1 aromatic rings. The van der Waals surface area contributed by atoms with Crippen LogP contribution in [0.1, 0.15) is 32.3 Å². The summed E-state index contributed by atoms with van der Waals surface area (Å²) >= 11 is 5.91. The van der Waals surface area contributed by atoms with Crippen molar-refractivity contribution in [3.05, 3.63) is 34.9 Å². The second kappa shape index (κ2) is 5.88. The Balaban J connectivity index is 1.90. The third-order valence-corrected chi connectivity index (χ3v) is 3.74. The van der Waals surface area contributed by atoms with Crippen LogP contribution in [0, 0.1) is 11.8 Å². The lowest BCUT2D eigenvalue weighted by Gasteiger charge is -2.19. The van der Waals surface area contributed by atoms with Crippen molar-refractivity contribution in [2.75, 3.05) is 6.54 Å². The van der Waals surface area contributed by atoms with E-state index in [1.165, 1.54) is 24.8 Å². The average Bonchev–Trinajstić information content (AvgIpc) is 3.10. The predicted molar refractivity (Wildman–Crippen MR) is 74.5 cm³/mol. The van der Waals surface area contributed by atoms with Gasteiger partial charge in [0.15, 0.2) is 0 Å². The van der Waals surface area contributed by atoms with Gasteiger partial charge in [-0.3, -0.25) is 0 Å². The number of hydrogen-bond acceptors (Lipinski definition) is 1. The minimum atomic E-state index is 0.585. The molecule has 1 saturated carbocycles. The summed E-state index contributed by atoms with van der Waals surface area (Å²) in [5.74, 6) is 1.73. The van der Waals surface area contributed by atoms with Crippen molar-refractivity contribution in [3.63, 3.8) is 0 Å². The average molecular weight is 252 g/mol. The van der Waals surface area contributed by atoms with E-state index in [0.717, 1.165) is 23.4 Å². The predicted octanol–water partition coefficient (Wildman–Crippen LogP) is 3.91. The molecule has 0 bridgehead atoms. The highest BCUT2D eigenvalue weighted by Crippen LogP contribution is 2.38. The van der Waals surface area contributed by atoms with E-state index >= 15 is 0 Å². The Hall–Kier alpha value is -0.530. The van der Waals surface area contributed by atoms with Crippen LogP contribution in [-0.2, 0) is 6.42 Å². The second-order valence-electron chi connectivity index (χ2n) is 5.49. The van der Waals surface area contributed by atoms with Crippen molar-refractivity contribution in [2.45, 2.75) is 39.2 Å². The molecule has 1 nitrogen and oxygen atoms in total. The maximum Gasteiger partial charge on any atom is 0.0406 e. The Morgan fingerprint density at radius 1 is 1.24 bits per heavy atom. The van der Waals surface area contributed by atoms with E-state index in [9.17, 15) is 0 Å². The van der Waals surface area contributed by atoms with Crippen molar-refractivity contribution in [1.29, 1.82) is 0 Å². The Morgan fingerprint density at radius 3 is 2.41 bits per heavy atom. The molecular weight excluding hydrogens is 230 g/mol. The third kappa shape index (κ3) is 4.33. The van der Waals surface area contributed by atoms with Crippen molar-refractivity contribution in [3.8, 4) is 0 Å². The molecule has 0 amide bonds. The van der Waals surface area contributed by atoms with Crippen molar-refractivity contribution in [2.24, 2.45) is 11.8 Å². The lowest BCUT2D eigenvalue weighted by Crippen LogP contribution is -2.30. The molecule has 0 aliphatic heterocycles. The molecule has 0 aromatic heterocycles. The zero-order chi connectivity index (χ0) is 12.3. The Morgan fingerprint density at radius 2 is 1.88 bits per heavy atom. The zero-order valence-corrected chi connectivity index (χ0v) is 11.5. The number of rotatable bonds is 6. The van der Waals surface area contributed by atoms with Crippen LogP contribution < -0.4 is 5.32 Å². The largest absolute Gasteiger partial charge is 0.314 e. The van der Waals surface area contributed by atoms with Gasteiger partial charge in [-0.25, -0.2) is 0 Å². The molecule has 1 aliphatic carbocycles. The van der Waals surface area contributed by atoms with Gasteiger partial charge >= 0.3 is 0 Å². The normalized spacial score (nSPS) is 17.4. The van der Waals surface area contributed by atoms with Gasteiger partial charge in [0.1, 0.15) is 0 Å². The monoisotopic (exact) mass is 251 g/mol. The van der Waals surface area contributed by atoms with Crippen LogP contribution in [0.3, 0.4) is 0 Å². The van der Waals surface area contributed by atoms with Crippen molar-refractivity contribution >= 4 is 11.6 Å². The first kappa shape index (κ1) is 12.9. The molecule has 0 radical (unpaired) electrons. The molecule has 0 saturated heterocycles. The summed E-state index contributed by atoms with van der Waals surface area (Å²) in [6, 6.07) is 8.90. The van der Waals surface area contributed by atoms with Crippen LogP contribution in [0.4, 0.5) is 0 Å². The van der Waals surface area contributed by atoms with E-state index in [2.05, 4.69) is 31.3 Å². The van der Waals surface area contributed by atoms with Crippen LogP contribution >= 0.6 is 11.6 Å². The van der Waals surface area contributed by atoms with Crippen LogP contribution in [0.2, 0.25) is 5.02 Å². The molecule has 1 N–H and O–H groups in total. The van der Waals surface area contributed by atoms with Crippen molar-refractivity contribution in [1.82, 2.24) is 5.32 Å². The first-order valence-electron chi connectivity index (χ1n) is 6.63. The summed E-state index contributed by atoms with van der Waals surface area (Å²) in [5, 5.41) is 4.40. The van der Waals surface area contributed by atoms with E-state index in [0.29, 0.717) is 6.04 Å². The van der Waals surface area contributed by atoms with Gasteiger partial charge in [-0.15, -0.1) is 0 Å². The minimum Gasteiger partial charge on any atom is -0.314 e. The van der Waals surface area contributed by atoms with E-state index in [4.69, 9.17) is 11.6 Å². The van der Waals surface area contributed by atoms with Gasteiger partial charge in [-0.05, 0) is 55.3 Å². The van der Waals surface area contributed by atoms with Crippen LogP contribution in [0.15, 0.2) is 24.3 Å². The highest BCUT2D eigenvalue weighted by Gasteiger charge is 2.30. The molecule has 1 aliphatic rings. The highest BCUT2D eigenvalue weighted by atomic mass is 35.5. The van der Waals surface area contributed by atoms with Gasteiger partial charge in [-0.1, -0.05) is 37.6 Å². The van der Waals surface area contributed by atoms with Gasteiger partial charge in [0.05, 0.1) is 0 Å². The van der Waals surface area contributed by atoms with Crippen LogP contribution in [0.25, 0.3) is 0 Å². The summed E-state index contributed by atoms with van der Waals surface area (Å²) in [6.07, 6.45) is 4.01. The molecule has 2 rings (SSSR count). The molecule has 1 aromatic carbocycles. The standard InChI is InChI=1S/C15H22ClN/c1-11(2)17-10-14(13-5-6-13)9-12-3-7-15(16)8-4-12/h3-4,7-8,11,13-14,17H,5-6,9-10H2,1-2H3. The number of halogens is 1. The van der Waals surface area contributed by atoms with E-state index < -0.39 is 0 Å². The van der Waals surface area contributed by atoms with Gasteiger partial charge in [-0.2, -0.15) is 0 Å². The molecule has 0 spiro atoms. The smallest absolute Gasteiger partial charge is 0.0406 e. The number of benzene rings is 1. The van der Waals surface area contributed by atoms with Gasteiger partial charge < -0.3 is 5.32 Å². The Labute approximate surface area is 110 Å². The third-order valence-electron chi connectivity index (χ3n) is 3.49. The lowest BCUT2D eigenvalue weighted by molar-refractivity contribution is 0.405. The molecular formula is C15H22ClN. The quantitative estimate of drug-likeness (QED) is 0.809. The van der Waals surface area contributed by atoms with Gasteiger partial charge in [0.2, 0.25) is 0 Å². The van der Waals surface area contributed by atoms with E-state index in [-0.39, 0.29) is 0 Å². The maximum absolute atomic E-state index is 5.91. The van der Waals surface area contributed by atoms with Gasteiger partial charge in [0, 0.05) is 11.1 Å². The fourth-order valence-corrected chi connectivity index (χ4v) is 2.41. The number of hydrogen-bond donors (Lipinski definition) is 1. The summed E-state index contributed by atoms with van der Waals surface area (Å²) in [4.78, 5) is 0. The SMILES string of the molecule is CC(C)NCC(Cc1ccc(Cl)cc1)C1CC1. The fraction of sp³-hybridized carbons (Fsp3) is 0.600. The highest BCUT2D eigenvalue weighted by molar-refractivity contribution is 6.30. The van der Waals surface area contributed by atoms with E-state index in [1.807, 2.05) is 12.1 Å². The Bertz CT molecular complexity index is 340. The number of nitrogens with one attached hydrogen (secondary N) is 1. The summed E-state index contributed by atoms with van der Waals surface area (Å²) in [5.41, 5.74) is 1.41. The second-order valence-corrected chi connectivity index (χ2v) is 5.93. The molecule has 1 unspecified atom stereocenters. The zero-order valence-electron chi connectivity index (χ0n) is 10.7. The van der Waals surface area contributed by atoms with Gasteiger partial charge in [0.25, 0.3) is 0 Å². The summed E-state index contributed by atoms with van der Waals surface area (Å²) in [6.45, 7) is 5.57. The lowest BCUT2D eigenvalue weighted by atomic mass is 9.94. The summed E-state index contributed by atoms with van der Waals surface area (Å²) < 4.78 is 0. The van der Waals surface area contributed by atoms with Crippen LogP contribution in [-0.4, -0.2) is 12.6 Å². The first-order valence-corrected chi connectivity index (χ1v) is 7.01. The van der Waals surface area contributed by atoms with Crippen molar-refractivity contribution < 1.29 is 0 Å². The fourth-order valence-electron chi connectivity index (χ4n) is 2.28. The maximum atomic E-state index is 5.91. The molecule has 1 fully saturated rings. The topological polar surface area (TPSA) is 12.0 Å². The minimum absolute atomic E-state index is 0.585. The molecule has 94 valence electrons. The first-order chi connectivity index (χ1) is 8.15. The molecule has 0 heterocycles. The molecule has 1 atom stereocenters. The Kier molecular flexibility index (Phi) is 4.47. The summed E-state index contributed by atoms with van der Waals surface area (Å²) in [7, 11) is 0. The van der Waals surface area contributed by atoms with Crippen LogP contribution in [0.5, 0.6) is 0 Å². The van der Waals surface area contributed by atoms with E-state index in [1.54, 1.807) is 0 Å². The molecule has 17 heavy (non-hydrogen) atoms.